The molecule has 1 aromatic rings. The molecule has 5 unspecified atom stereocenters. The van der Waals surface area contributed by atoms with Gasteiger partial charge >= 0.3 is 12.1 Å². The minimum absolute atomic E-state index is 0.0169. The van der Waals surface area contributed by atoms with Gasteiger partial charge in [-0.05, 0) is 50.3 Å². The number of hydrogen-bond acceptors (Lipinski definition) is 8. The molecule has 15 heteroatoms. The van der Waals surface area contributed by atoms with E-state index in [9.17, 15) is 24.3 Å². The number of thioether (sulfide) groups is 1. The lowest BCUT2D eigenvalue weighted by Gasteiger charge is -2.44. The lowest BCUT2D eigenvalue weighted by Crippen LogP contribution is -2.71. The Hall–Kier alpha value is -1.60. The summed E-state index contributed by atoms with van der Waals surface area (Å²) in [6.07, 6.45) is 0.873. The number of ether oxygens (including phenoxy) is 2. The molecular formula is C24H27BrCl3N3O7S. The minimum atomic E-state index is -1.81. The normalized spacial score (nSPS) is 27.6. The van der Waals surface area contributed by atoms with E-state index in [2.05, 4.69) is 26.6 Å². The van der Waals surface area contributed by atoms with Crippen molar-refractivity contribution in [3.8, 4) is 5.75 Å². The van der Waals surface area contributed by atoms with E-state index in [4.69, 9.17) is 44.3 Å². The summed E-state index contributed by atoms with van der Waals surface area (Å²) in [5.41, 5.74) is 0.377. The number of nitrogens with zero attached hydrogens (tertiary/aromatic N) is 1. The first-order chi connectivity index (χ1) is 18.2. The van der Waals surface area contributed by atoms with E-state index in [0.29, 0.717) is 16.8 Å². The number of hydrogen-bond donors (Lipinski definition) is 3. The van der Waals surface area contributed by atoms with Crippen LogP contribution in [0.1, 0.15) is 38.3 Å². The molecule has 0 aromatic heterocycles. The Kier molecular flexibility index (Phi) is 9.12. The smallest absolute Gasteiger partial charge is 0.408 e. The summed E-state index contributed by atoms with van der Waals surface area (Å²) >= 11 is 21.9. The number of carbonyl (C=O) groups excluding carboxylic acids is 4. The maximum atomic E-state index is 13.4. The third-order valence-electron chi connectivity index (χ3n) is 6.82. The zero-order chi connectivity index (χ0) is 28.7. The molecule has 214 valence electrons. The highest BCUT2D eigenvalue weighted by Crippen LogP contribution is 2.52. The van der Waals surface area contributed by atoms with Gasteiger partial charge in [-0.25, -0.2) is 9.59 Å². The Labute approximate surface area is 252 Å². The standard InChI is InChI=1S/C24H27BrCl3N3O7S/c1-11(12-3-4-12)38-22(36)30-15(13-5-7-14(32)8-6-13)18(33)29-16-19(34)31-17(21(35)37-10-24(26,27)28)23(2,9-25)39-20(16)31/h5-8,11-12,15-17,20,32H,3-4,9-10H2,1-2H3,(H,29,33)(H,30,36)/t11?,15?,16?,17?,20-,23?/m1/s1. The molecule has 3 N–H and O–H groups in total. The topological polar surface area (TPSA) is 134 Å². The van der Waals surface area contributed by atoms with E-state index in [1.807, 2.05) is 0 Å². The lowest BCUT2D eigenvalue weighted by atomic mass is 9.95. The predicted molar refractivity (Wildman–Crippen MR) is 150 cm³/mol. The van der Waals surface area contributed by atoms with E-state index >= 15 is 0 Å². The number of halogens is 4. The van der Waals surface area contributed by atoms with Crippen molar-refractivity contribution in [3.63, 3.8) is 0 Å². The first-order valence-electron chi connectivity index (χ1n) is 12.1. The fourth-order valence-electron chi connectivity index (χ4n) is 4.54. The Bertz CT molecular complexity index is 1140. The Morgan fingerprint density at radius 3 is 2.46 bits per heavy atom. The van der Waals surface area contributed by atoms with Crippen LogP contribution in [-0.4, -0.2) is 77.9 Å². The van der Waals surface area contributed by atoms with Gasteiger partial charge in [0, 0.05) is 5.33 Å². The second-order valence-corrected chi connectivity index (χ2v) is 14.7. The molecule has 1 aliphatic carbocycles. The number of benzene rings is 1. The Balaban J connectivity index is 1.48. The van der Waals surface area contributed by atoms with E-state index in [1.54, 1.807) is 13.8 Å². The largest absolute Gasteiger partial charge is 0.508 e. The monoisotopic (exact) mass is 685 g/mol. The zero-order valence-corrected chi connectivity index (χ0v) is 25.5. The fourth-order valence-corrected chi connectivity index (χ4v) is 7.02. The molecular weight excluding hydrogens is 661 g/mol. The van der Waals surface area contributed by atoms with Gasteiger partial charge in [0.2, 0.25) is 15.6 Å². The molecule has 10 nitrogen and oxygen atoms in total. The number of nitrogens with one attached hydrogen (secondary N) is 2. The number of amides is 3. The molecule has 0 radical (unpaired) electrons. The van der Waals surface area contributed by atoms with E-state index < -0.39 is 62.5 Å². The van der Waals surface area contributed by atoms with Crippen LogP contribution in [0, 0.1) is 5.92 Å². The Morgan fingerprint density at radius 2 is 1.90 bits per heavy atom. The number of alkyl halides is 4. The van der Waals surface area contributed by atoms with Gasteiger partial charge in [-0.2, -0.15) is 0 Å². The zero-order valence-electron chi connectivity index (χ0n) is 20.9. The van der Waals surface area contributed by atoms with Gasteiger partial charge in [-0.3, -0.25) is 9.59 Å². The lowest BCUT2D eigenvalue weighted by molar-refractivity contribution is -0.164. The quantitative estimate of drug-likeness (QED) is 0.203. The number of phenols is 1. The molecule has 0 spiro atoms. The third kappa shape index (κ3) is 6.83. The molecule has 1 saturated carbocycles. The van der Waals surface area contributed by atoms with Crippen molar-refractivity contribution in [2.45, 2.75) is 64.8 Å². The van der Waals surface area contributed by atoms with Gasteiger partial charge in [-0.1, -0.05) is 62.9 Å². The molecule has 3 aliphatic rings. The van der Waals surface area contributed by atoms with Gasteiger partial charge in [0.15, 0.2) is 0 Å². The molecule has 2 heterocycles. The predicted octanol–water partition coefficient (Wildman–Crippen LogP) is 3.79. The van der Waals surface area contributed by atoms with Crippen LogP contribution in [-0.2, 0) is 23.9 Å². The van der Waals surface area contributed by atoms with Crippen LogP contribution in [0.2, 0.25) is 0 Å². The van der Waals surface area contributed by atoms with Crippen LogP contribution in [0.3, 0.4) is 0 Å². The molecule has 39 heavy (non-hydrogen) atoms. The van der Waals surface area contributed by atoms with Gasteiger partial charge in [0.25, 0.3) is 0 Å². The van der Waals surface area contributed by atoms with Gasteiger partial charge in [0.1, 0.15) is 42.0 Å². The number of rotatable bonds is 9. The molecule has 1 aromatic carbocycles. The van der Waals surface area contributed by atoms with Crippen molar-refractivity contribution >= 4 is 86.4 Å². The van der Waals surface area contributed by atoms with Crippen LogP contribution in [0.5, 0.6) is 5.75 Å². The molecule has 2 saturated heterocycles. The number of carbonyl (C=O) groups is 4. The van der Waals surface area contributed by atoms with Gasteiger partial charge in [-0.15, -0.1) is 11.8 Å². The number of fused-ring (bicyclic) bond motifs is 1. The molecule has 2 aliphatic heterocycles. The summed E-state index contributed by atoms with van der Waals surface area (Å²) in [7, 11) is 0. The van der Waals surface area contributed by atoms with Crippen molar-refractivity contribution in [3.05, 3.63) is 29.8 Å². The molecule has 6 atom stereocenters. The molecule has 3 amide bonds. The fraction of sp³-hybridized carbons (Fsp3) is 0.583. The second-order valence-electron chi connectivity index (χ2n) is 9.93. The van der Waals surface area contributed by atoms with E-state index in [-0.39, 0.29) is 11.9 Å². The average molecular weight is 688 g/mol. The summed E-state index contributed by atoms with van der Waals surface area (Å²) in [5, 5.41) is 14.7. The first kappa shape index (κ1) is 30.4. The van der Waals surface area contributed by atoms with Crippen molar-refractivity contribution in [2.24, 2.45) is 5.92 Å². The first-order valence-corrected chi connectivity index (χ1v) is 15.2. The van der Waals surface area contributed by atoms with Crippen molar-refractivity contribution in [1.82, 2.24) is 15.5 Å². The van der Waals surface area contributed by atoms with Crippen LogP contribution in [0.25, 0.3) is 0 Å². The summed E-state index contributed by atoms with van der Waals surface area (Å²) < 4.78 is 8.00. The highest BCUT2D eigenvalue weighted by Gasteiger charge is 2.66. The maximum absolute atomic E-state index is 13.4. The van der Waals surface area contributed by atoms with Crippen molar-refractivity contribution in [2.75, 3.05) is 11.9 Å². The van der Waals surface area contributed by atoms with Crippen LogP contribution in [0.15, 0.2) is 24.3 Å². The third-order valence-corrected chi connectivity index (χ3v) is 10.3. The number of aromatic hydroxyl groups is 1. The number of phenolic OH excluding ortho intramolecular Hbond substituents is 1. The van der Waals surface area contributed by atoms with Crippen LogP contribution < -0.4 is 10.6 Å². The SMILES string of the molecule is CC(OC(=O)NC(C(=O)NC1C(=O)N2C(C(=O)OCC(Cl)(Cl)Cl)C(C)(CBr)S[C@H]12)c1ccc(O)cc1)C1CC1. The number of β-lactam (4-membered cyclic amide) rings is 1. The van der Waals surface area contributed by atoms with Crippen LogP contribution >= 0.6 is 62.5 Å². The molecule has 0 bridgehead atoms. The highest BCUT2D eigenvalue weighted by atomic mass is 79.9. The van der Waals surface area contributed by atoms with E-state index in [0.717, 1.165) is 12.8 Å². The highest BCUT2D eigenvalue weighted by molar-refractivity contribution is 9.09. The molecule has 3 fully saturated rings. The Morgan fingerprint density at radius 1 is 1.26 bits per heavy atom. The number of esters is 1. The van der Waals surface area contributed by atoms with Crippen molar-refractivity contribution in [1.29, 1.82) is 0 Å². The van der Waals surface area contributed by atoms with Crippen molar-refractivity contribution < 1.29 is 33.8 Å². The maximum Gasteiger partial charge on any atom is 0.408 e. The summed E-state index contributed by atoms with van der Waals surface area (Å²) in [6.45, 7) is 3.09. The summed E-state index contributed by atoms with van der Waals surface area (Å²) in [6, 6.07) is 2.59. The average Bonchev–Trinajstić information content (AvgIpc) is 3.68. The number of alkyl carbamates (subject to hydrolysis) is 1. The summed E-state index contributed by atoms with van der Waals surface area (Å²) in [4.78, 5) is 53.5. The minimum Gasteiger partial charge on any atom is -0.508 e. The van der Waals surface area contributed by atoms with Crippen LogP contribution in [0.4, 0.5) is 4.79 Å². The second kappa shape index (κ2) is 11.7. The summed E-state index contributed by atoms with van der Waals surface area (Å²) in [5.74, 6) is -1.59. The van der Waals surface area contributed by atoms with Gasteiger partial charge < -0.3 is 30.1 Å². The van der Waals surface area contributed by atoms with Gasteiger partial charge in [0.05, 0.1) is 4.75 Å². The van der Waals surface area contributed by atoms with E-state index in [1.165, 1.54) is 40.9 Å². The molecule has 4 rings (SSSR count).